The summed E-state index contributed by atoms with van der Waals surface area (Å²) in [6.07, 6.45) is 0. The minimum absolute atomic E-state index is 0. The normalized spacial score (nSPS) is 1.50. The van der Waals surface area contributed by atoms with E-state index in [0.29, 0.717) is 0 Å². The topological polar surface area (TPSA) is 51.7 Å². The molecule has 0 amide bonds. The largest absolute Gasteiger partial charge is 2.00 e. The second kappa shape index (κ2) is 25.9. The van der Waals surface area contributed by atoms with Crippen molar-refractivity contribution in [2.45, 2.75) is 0 Å². The van der Waals surface area contributed by atoms with E-state index in [1.54, 1.807) is 0 Å². The molecule has 0 unspecified atom stereocenters. The molecule has 0 radical (unpaired) electrons. The van der Waals surface area contributed by atoms with Crippen LogP contribution < -0.4 is 0 Å². The standard InChI is InChI=1S/CH4O.H2O.Sr.2H/c1-2;;;;/h2H,1H3;1H2;;;/q;;+2;2*-1. The van der Waals surface area contributed by atoms with E-state index in [2.05, 4.69) is 0 Å². The van der Waals surface area contributed by atoms with Crippen molar-refractivity contribution in [3.8, 4) is 0 Å². The average molecular weight is 140 g/mol. The Labute approximate surface area is 65.4 Å². The third-order valence-corrected chi connectivity index (χ3v) is 0. The maximum atomic E-state index is 7.00. The summed E-state index contributed by atoms with van der Waals surface area (Å²) in [5.41, 5.74) is 0. The van der Waals surface area contributed by atoms with Gasteiger partial charge < -0.3 is 13.4 Å². The third kappa shape index (κ3) is 9.99. The molecule has 0 heterocycles. The Hall–Kier alpha value is 1.40. The van der Waals surface area contributed by atoms with Crippen molar-refractivity contribution < 1.29 is 13.4 Å². The predicted molar refractivity (Wildman–Crippen MR) is 19.7 cm³/mol. The van der Waals surface area contributed by atoms with E-state index in [1.165, 1.54) is 0 Å². The van der Waals surface area contributed by atoms with Crippen molar-refractivity contribution >= 4 is 45.5 Å². The molecule has 2 nitrogen and oxygen atoms in total. The molecular weight excluding hydrogens is 132 g/mol. The van der Waals surface area contributed by atoms with Gasteiger partial charge in [0.15, 0.2) is 0 Å². The summed E-state index contributed by atoms with van der Waals surface area (Å²) in [6, 6.07) is 0. The Morgan fingerprint density at radius 3 is 1.50 bits per heavy atom. The second-order valence-corrected chi connectivity index (χ2v) is 0. The van der Waals surface area contributed by atoms with Gasteiger partial charge in [-0.15, -0.1) is 0 Å². The average Bonchev–Trinajstić information content (AvgIpc) is 1.00. The van der Waals surface area contributed by atoms with Gasteiger partial charge in [0.25, 0.3) is 0 Å². The van der Waals surface area contributed by atoms with Gasteiger partial charge in [0.2, 0.25) is 0 Å². The van der Waals surface area contributed by atoms with Crippen molar-refractivity contribution in [2.75, 3.05) is 7.11 Å². The van der Waals surface area contributed by atoms with E-state index < -0.39 is 0 Å². The smallest absolute Gasteiger partial charge is 1.00 e. The fraction of sp³-hybridized carbons (Fsp3) is 1.00. The van der Waals surface area contributed by atoms with Crippen LogP contribution in [0.25, 0.3) is 0 Å². The molecule has 0 rings (SSSR count). The summed E-state index contributed by atoms with van der Waals surface area (Å²) >= 11 is 0. The molecule has 0 aromatic heterocycles. The van der Waals surface area contributed by atoms with Crippen LogP contribution in [0.15, 0.2) is 0 Å². The molecule has 0 saturated heterocycles. The molecule has 0 spiro atoms. The number of aliphatic hydroxyl groups is 1. The molecule has 0 atom stereocenters. The summed E-state index contributed by atoms with van der Waals surface area (Å²) < 4.78 is 0. The Bertz CT molecular complexity index is 11.5. The molecule has 0 saturated carbocycles. The fourth-order valence-corrected chi connectivity index (χ4v) is 0. The summed E-state index contributed by atoms with van der Waals surface area (Å²) in [4.78, 5) is 0. The van der Waals surface area contributed by atoms with Gasteiger partial charge in [0.1, 0.15) is 0 Å². The molecule has 3 heteroatoms. The minimum Gasteiger partial charge on any atom is -1.00 e. The Morgan fingerprint density at radius 2 is 1.50 bits per heavy atom. The molecule has 0 aliphatic heterocycles. The van der Waals surface area contributed by atoms with Gasteiger partial charge in [0.05, 0.1) is 0 Å². The zero-order valence-corrected chi connectivity index (χ0v) is 6.13. The Kier molecular flexibility index (Phi) is 118. The maximum absolute atomic E-state index is 7.00. The van der Waals surface area contributed by atoms with E-state index in [4.69, 9.17) is 5.11 Å². The summed E-state index contributed by atoms with van der Waals surface area (Å²) in [5.74, 6) is 0. The number of aliphatic hydroxyl groups excluding tert-OH is 1. The van der Waals surface area contributed by atoms with E-state index in [0.717, 1.165) is 7.11 Å². The zero-order valence-electron chi connectivity index (χ0n) is 4.65. The first-order valence-electron chi connectivity index (χ1n) is 0.447. The van der Waals surface area contributed by atoms with Gasteiger partial charge in [-0.05, 0) is 0 Å². The van der Waals surface area contributed by atoms with Crippen LogP contribution in [-0.2, 0) is 0 Å². The number of hydrogen-bond acceptors (Lipinski definition) is 1. The first-order chi connectivity index (χ1) is 1.00. The van der Waals surface area contributed by atoms with E-state index in [1.807, 2.05) is 0 Å². The fourth-order valence-electron chi connectivity index (χ4n) is 0. The van der Waals surface area contributed by atoms with Gasteiger partial charge in [-0.3, -0.25) is 0 Å². The van der Waals surface area contributed by atoms with Crippen LogP contribution in [-0.4, -0.2) is 63.2 Å². The first kappa shape index (κ1) is 18.1. The van der Waals surface area contributed by atoms with Gasteiger partial charge in [-0.25, -0.2) is 0 Å². The molecule has 0 aromatic carbocycles. The molecule has 0 bridgehead atoms. The molecule has 26 valence electrons. The van der Waals surface area contributed by atoms with Crippen molar-refractivity contribution in [3.05, 3.63) is 0 Å². The Balaban J connectivity index is -0.000000000833. The van der Waals surface area contributed by atoms with Crippen molar-refractivity contribution in [3.63, 3.8) is 0 Å². The van der Waals surface area contributed by atoms with Gasteiger partial charge in [-0.1, -0.05) is 0 Å². The monoisotopic (exact) mass is 140 g/mol. The quantitative estimate of drug-likeness (QED) is 0.414. The SMILES string of the molecule is CO.O.[H-].[H-].[Sr+2]. The van der Waals surface area contributed by atoms with Crippen LogP contribution in [0.4, 0.5) is 0 Å². The molecule has 0 aromatic rings. The molecule has 0 aliphatic rings. The zero-order chi connectivity index (χ0) is 2.00. The third-order valence-electron chi connectivity index (χ3n) is 0. The van der Waals surface area contributed by atoms with Crippen LogP contribution in [0.1, 0.15) is 2.85 Å². The van der Waals surface area contributed by atoms with Crippen molar-refractivity contribution in [1.29, 1.82) is 0 Å². The van der Waals surface area contributed by atoms with Crippen LogP contribution in [0.3, 0.4) is 0 Å². The summed E-state index contributed by atoms with van der Waals surface area (Å²) in [7, 11) is 1.00. The summed E-state index contributed by atoms with van der Waals surface area (Å²) in [5, 5.41) is 7.00. The van der Waals surface area contributed by atoms with E-state index in [-0.39, 0.29) is 53.8 Å². The van der Waals surface area contributed by atoms with E-state index in [9.17, 15) is 0 Å². The second-order valence-electron chi connectivity index (χ2n) is 0. The van der Waals surface area contributed by atoms with Crippen LogP contribution in [0.5, 0.6) is 0 Å². The molecule has 3 N–H and O–H groups in total. The first-order valence-corrected chi connectivity index (χ1v) is 0.447. The van der Waals surface area contributed by atoms with Gasteiger partial charge in [0, 0.05) is 7.11 Å². The van der Waals surface area contributed by atoms with Crippen LogP contribution >= 0.6 is 0 Å². The molecule has 0 aliphatic carbocycles. The number of rotatable bonds is 0. The van der Waals surface area contributed by atoms with E-state index >= 15 is 0 Å². The minimum atomic E-state index is 0. The molecular formula is CH8O2Sr. The molecule has 0 fully saturated rings. The van der Waals surface area contributed by atoms with Gasteiger partial charge >= 0.3 is 45.5 Å². The predicted octanol–water partition coefficient (Wildman–Crippen LogP) is -1.37. The Morgan fingerprint density at radius 1 is 1.50 bits per heavy atom. The summed E-state index contributed by atoms with van der Waals surface area (Å²) in [6.45, 7) is 0. The van der Waals surface area contributed by atoms with Crippen LogP contribution in [0.2, 0.25) is 0 Å². The maximum Gasteiger partial charge on any atom is 2.00 e. The molecule has 4 heavy (non-hydrogen) atoms. The van der Waals surface area contributed by atoms with Crippen molar-refractivity contribution in [1.82, 2.24) is 0 Å². The van der Waals surface area contributed by atoms with Crippen molar-refractivity contribution in [2.24, 2.45) is 0 Å². The van der Waals surface area contributed by atoms with Crippen LogP contribution in [0, 0.1) is 0 Å². The number of hydrogen-bond donors (Lipinski definition) is 1. The van der Waals surface area contributed by atoms with Gasteiger partial charge in [-0.2, -0.15) is 0 Å².